The zero-order valence-corrected chi connectivity index (χ0v) is 13.7. The summed E-state index contributed by atoms with van der Waals surface area (Å²) >= 11 is 0. The minimum atomic E-state index is -0.505. The van der Waals surface area contributed by atoms with Gasteiger partial charge in [-0.15, -0.1) is 0 Å². The average molecular weight is 302 g/mol. The van der Waals surface area contributed by atoms with Crippen molar-refractivity contribution in [3.63, 3.8) is 0 Å². The van der Waals surface area contributed by atoms with Crippen LogP contribution < -0.4 is 11.1 Å². The van der Waals surface area contributed by atoms with Crippen LogP contribution in [0.4, 0.5) is 5.69 Å². The molecule has 5 nitrogen and oxygen atoms in total. The Morgan fingerprint density at radius 1 is 1.32 bits per heavy atom. The average Bonchev–Trinajstić information content (AvgIpc) is 2.90. The minimum Gasteiger partial charge on any atom is -0.346 e. The van der Waals surface area contributed by atoms with E-state index < -0.39 is 6.04 Å². The normalized spacial score (nSPS) is 12.8. The third kappa shape index (κ3) is 3.87. The maximum atomic E-state index is 11.7. The second-order valence-corrected chi connectivity index (χ2v) is 5.59. The number of carbonyl (C=O) groups excluding carboxylic acids is 1. The molecule has 1 atom stereocenters. The fourth-order valence-corrected chi connectivity index (χ4v) is 2.52. The van der Waals surface area contributed by atoms with Crippen LogP contribution >= 0.6 is 0 Å². The number of nitrogens with zero attached hydrogens (tertiary/aromatic N) is 2. The Hall–Kier alpha value is -1.85. The van der Waals surface area contributed by atoms with E-state index in [4.69, 9.17) is 5.73 Å². The highest BCUT2D eigenvalue weighted by molar-refractivity contribution is 5.96. The predicted molar refractivity (Wildman–Crippen MR) is 92.0 cm³/mol. The maximum Gasteiger partial charge on any atom is 0.240 e. The smallest absolute Gasteiger partial charge is 0.240 e. The van der Waals surface area contributed by atoms with Crippen LogP contribution in [0.5, 0.6) is 0 Å². The highest BCUT2D eigenvalue weighted by atomic mass is 16.2. The van der Waals surface area contributed by atoms with Gasteiger partial charge < -0.3 is 20.5 Å². The number of aromatic nitrogens is 1. The van der Waals surface area contributed by atoms with Gasteiger partial charge in [0.05, 0.1) is 6.04 Å². The van der Waals surface area contributed by atoms with Crippen molar-refractivity contribution in [3.05, 3.63) is 30.5 Å². The molecule has 0 saturated carbocycles. The minimum absolute atomic E-state index is 0.166. The van der Waals surface area contributed by atoms with Gasteiger partial charge in [-0.05, 0) is 44.3 Å². The fraction of sp³-hybridized carbons (Fsp3) is 0.471. The Morgan fingerprint density at radius 2 is 2.05 bits per heavy atom. The first-order valence-electron chi connectivity index (χ1n) is 7.92. The van der Waals surface area contributed by atoms with E-state index >= 15 is 0 Å². The lowest BCUT2D eigenvalue weighted by atomic mass is 10.2. The zero-order chi connectivity index (χ0) is 16.1. The molecule has 0 fully saturated rings. The van der Waals surface area contributed by atoms with Crippen molar-refractivity contribution in [1.29, 1.82) is 0 Å². The summed E-state index contributed by atoms with van der Waals surface area (Å²) in [6.45, 7) is 10.2. The molecule has 0 aliphatic heterocycles. The molecule has 120 valence electrons. The number of amides is 1. The number of nitrogens with two attached hydrogens (primary N) is 1. The summed E-state index contributed by atoms with van der Waals surface area (Å²) in [5.74, 6) is -0.166. The number of fused-ring (bicyclic) bond motifs is 1. The molecule has 2 rings (SSSR count). The summed E-state index contributed by atoms with van der Waals surface area (Å²) in [6, 6.07) is 7.54. The fourth-order valence-electron chi connectivity index (χ4n) is 2.52. The Kier molecular flexibility index (Phi) is 5.57. The van der Waals surface area contributed by atoms with Gasteiger partial charge in [0.15, 0.2) is 0 Å². The Balaban J connectivity index is 2.11. The molecule has 0 bridgehead atoms. The van der Waals surface area contributed by atoms with Gasteiger partial charge >= 0.3 is 0 Å². The number of benzene rings is 1. The van der Waals surface area contributed by atoms with E-state index in [9.17, 15) is 4.79 Å². The van der Waals surface area contributed by atoms with E-state index in [0.29, 0.717) is 0 Å². The van der Waals surface area contributed by atoms with E-state index in [0.717, 1.165) is 37.3 Å². The number of likely N-dealkylation sites (N-methyl/N-ethyl adjacent to an activating group) is 1. The molecule has 2 aromatic rings. The van der Waals surface area contributed by atoms with Crippen LogP contribution in [0.15, 0.2) is 30.5 Å². The Morgan fingerprint density at radius 3 is 2.68 bits per heavy atom. The molecule has 1 unspecified atom stereocenters. The molecule has 0 aliphatic carbocycles. The molecule has 1 heterocycles. The molecule has 3 N–H and O–H groups in total. The van der Waals surface area contributed by atoms with Crippen molar-refractivity contribution in [3.8, 4) is 0 Å². The summed E-state index contributed by atoms with van der Waals surface area (Å²) in [6.07, 6.45) is 2.10. The van der Waals surface area contributed by atoms with Gasteiger partial charge in [0.1, 0.15) is 0 Å². The predicted octanol–water partition coefficient (Wildman–Crippen LogP) is 2.27. The van der Waals surface area contributed by atoms with Crippen molar-refractivity contribution < 1.29 is 4.79 Å². The molecule has 1 aromatic carbocycles. The summed E-state index contributed by atoms with van der Waals surface area (Å²) in [7, 11) is 0. The summed E-state index contributed by atoms with van der Waals surface area (Å²) < 4.78 is 2.25. The first-order chi connectivity index (χ1) is 10.5. The van der Waals surface area contributed by atoms with E-state index in [1.165, 1.54) is 5.52 Å². The summed E-state index contributed by atoms with van der Waals surface area (Å²) in [5.41, 5.74) is 7.55. The molecule has 0 spiro atoms. The largest absolute Gasteiger partial charge is 0.346 e. The molecular weight excluding hydrogens is 276 g/mol. The molecule has 0 aliphatic rings. The van der Waals surface area contributed by atoms with Gasteiger partial charge in [-0.25, -0.2) is 0 Å². The van der Waals surface area contributed by atoms with Crippen LogP contribution in [0.1, 0.15) is 20.8 Å². The second-order valence-electron chi connectivity index (χ2n) is 5.59. The van der Waals surface area contributed by atoms with Gasteiger partial charge in [0.25, 0.3) is 0 Å². The quantitative estimate of drug-likeness (QED) is 0.824. The van der Waals surface area contributed by atoms with Crippen LogP contribution in [0.3, 0.4) is 0 Å². The number of rotatable bonds is 7. The standard InChI is InChI=1S/C17H26N4O/c1-4-20(5-2)10-11-21-9-8-14-12-15(6-7-16(14)21)19-17(22)13(3)18/h6-9,12-13H,4-5,10-11,18H2,1-3H3,(H,19,22). The lowest BCUT2D eigenvalue weighted by Crippen LogP contribution is -2.32. The van der Waals surface area contributed by atoms with Gasteiger partial charge in [0.2, 0.25) is 5.91 Å². The van der Waals surface area contributed by atoms with E-state index in [2.05, 4.69) is 40.9 Å². The first kappa shape index (κ1) is 16.5. The van der Waals surface area contributed by atoms with Crippen molar-refractivity contribution in [2.24, 2.45) is 5.73 Å². The number of anilines is 1. The number of hydrogen-bond acceptors (Lipinski definition) is 3. The van der Waals surface area contributed by atoms with Gasteiger partial charge in [0, 0.05) is 35.9 Å². The number of hydrogen-bond donors (Lipinski definition) is 2. The zero-order valence-electron chi connectivity index (χ0n) is 13.7. The number of carbonyl (C=O) groups is 1. The third-order valence-electron chi connectivity index (χ3n) is 4.00. The molecule has 0 radical (unpaired) electrons. The van der Waals surface area contributed by atoms with Gasteiger partial charge in [-0.3, -0.25) is 4.79 Å². The van der Waals surface area contributed by atoms with Crippen molar-refractivity contribution in [1.82, 2.24) is 9.47 Å². The lowest BCUT2D eigenvalue weighted by Gasteiger charge is -2.18. The SMILES string of the molecule is CCN(CC)CCn1ccc2cc(NC(=O)C(C)N)ccc21. The molecule has 1 aromatic heterocycles. The molecule has 5 heteroatoms. The van der Waals surface area contributed by atoms with Crippen molar-refractivity contribution >= 4 is 22.5 Å². The van der Waals surface area contributed by atoms with Crippen LogP contribution in [0.2, 0.25) is 0 Å². The van der Waals surface area contributed by atoms with Crippen LogP contribution in [0, 0.1) is 0 Å². The van der Waals surface area contributed by atoms with Crippen molar-refractivity contribution in [2.75, 3.05) is 25.0 Å². The lowest BCUT2D eigenvalue weighted by molar-refractivity contribution is -0.117. The Bertz CT molecular complexity index is 629. The van der Waals surface area contributed by atoms with Gasteiger partial charge in [-0.2, -0.15) is 0 Å². The monoisotopic (exact) mass is 302 g/mol. The second kappa shape index (κ2) is 7.42. The molecule has 22 heavy (non-hydrogen) atoms. The first-order valence-corrected chi connectivity index (χ1v) is 7.92. The topological polar surface area (TPSA) is 63.3 Å². The molecular formula is C17H26N4O. The van der Waals surface area contributed by atoms with Crippen LogP contribution in [0.25, 0.3) is 10.9 Å². The molecule has 1 amide bonds. The number of nitrogens with one attached hydrogen (secondary N) is 1. The van der Waals surface area contributed by atoms with Crippen LogP contribution in [-0.2, 0) is 11.3 Å². The van der Waals surface area contributed by atoms with E-state index in [1.54, 1.807) is 6.92 Å². The third-order valence-corrected chi connectivity index (χ3v) is 4.00. The highest BCUT2D eigenvalue weighted by Gasteiger charge is 2.09. The highest BCUT2D eigenvalue weighted by Crippen LogP contribution is 2.20. The summed E-state index contributed by atoms with van der Waals surface area (Å²) in [4.78, 5) is 14.1. The van der Waals surface area contributed by atoms with E-state index in [1.807, 2.05) is 18.2 Å². The Labute approximate surface area is 132 Å². The van der Waals surface area contributed by atoms with Gasteiger partial charge in [-0.1, -0.05) is 13.8 Å². The maximum absolute atomic E-state index is 11.7. The van der Waals surface area contributed by atoms with E-state index in [-0.39, 0.29) is 5.91 Å². The van der Waals surface area contributed by atoms with Crippen LogP contribution in [-0.4, -0.2) is 41.1 Å². The molecule has 0 saturated heterocycles. The van der Waals surface area contributed by atoms with Crippen molar-refractivity contribution in [2.45, 2.75) is 33.4 Å². The summed E-state index contributed by atoms with van der Waals surface area (Å²) in [5, 5.41) is 3.96.